The monoisotopic (exact) mass is 1110 g/mol. The molecule has 4 aromatic rings. The van der Waals surface area contributed by atoms with E-state index in [4.69, 9.17) is 14.6 Å². The summed E-state index contributed by atoms with van der Waals surface area (Å²) >= 11 is 0. The van der Waals surface area contributed by atoms with E-state index in [0.717, 1.165) is 58.5 Å². The number of amides is 7. The van der Waals surface area contributed by atoms with Crippen molar-refractivity contribution in [2.45, 2.75) is 135 Å². The van der Waals surface area contributed by atoms with Crippen molar-refractivity contribution in [1.82, 2.24) is 25.8 Å². The second kappa shape index (κ2) is 36.2. The number of ether oxygens (including phenoxy) is 1. The number of nitrogens with zero attached hydrogens (tertiary/aromatic N) is 3. The van der Waals surface area contributed by atoms with Crippen LogP contribution in [0.3, 0.4) is 0 Å². The molecule has 0 radical (unpaired) electrons. The van der Waals surface area contributed by atoms with E-state index in [0.29, 0.717) is 69.2 Å². The lowest BCUT2D eigenvalue weighted by Crippen LogP contribution is -2.61. The number of carbonyl (C=O) groups excluding carboxylic acids is 7. The Labute approximate surface area is 474 Å². The fourth-order valence-electron chi connectivity index (χ4n) is 9.03. The van der Waals surface area contributed by atoms with Gasteiger partial charge in [0.2, 0.25) is 24.1 Å². The van der Waals surface area contributed by atoms with E-state index in [1.165, 1.54) is 36.1 Å². The maximum atomic E-state index is 13.7. The third-order valence-electron chi connectivity index (χ3n) is 13.8. The summed E-state index contributed by atoms with van der Waals surface area (Å²) in [6.45, 7) is 10.6. The molecule has 18 nitrogen and oxygen atoms in total. The van der Waals surface area contributed by atoms with Crippen molar-refractivity contribution >= 4 is 42.4 Å². The summed E-state index contributed by atoms with van der Waals surface area (Å²) in [4.78, 5) is 89.7. The van der Waals surface area contributed by atoms with Crippen molar-refractivity contribution in [3.8, 4) is 33.8 Å². The van der Waals surface area contributed by atoms with Crippen molar-refractivity contribution in [3.05, 3.63) is 108 Å². The average molecular weight is 1110 g/mol. The lowest BCUT2D eigenvalue weighted by molar-refractivity contribution is -0.870. The van der Waals surface area contributed by atoms with E-state index in [2.05, 4.69) is 86.1 Å². The molecule has 6 rings (SSSR count). The summed E-state index contributed by atoms with van der Waals surface area (Å²) in [6.07, 6.45) is 8.33. The third-order valence-corrected chi connectivity index (χ3v) is 13.8. The molecule has 2 aliphatic heterocycles. The molecular formula is C62H90N7O11+. The summed E-state index contributed by atoms with van der Waals surface area (Å²) in [5.41, 5.74) is 10.1. The third kappa shape index (κ3) is 22.9. The second-order valence-corrected chi connectivity index (χ2v) is 21.0. The van der Waals surface area contributed by atoms with Crippen LogP contribution in [-0.4, -0.2) is 157 Å². The molecule has 2 saturated heterocycles. The summed E-state index contributed by atoms with van der Waals surface area (Å²) in [7, 11) is 6.16. The first-order valence-electron chi connectivity index (χ1n) is 28.3. The number of rotatable bonds is 18. The van der Waals surface area contributed by atoms with Crippen LogP contribution in [0.4, 0.5) is 4.79 Å². The number of quaternary nitrogens is 1. The van der Waals surface area contributed by atoms with Crippen LogP contribution in [-0.2, 0) is 30.4 Å². The number of hydrogen-bond acceptors (Lipinski definition) is 11. The number of nitrogens with two attached hydrogens (primary N) is 1. The summed E-state index contributed by atoms with van der Waals surface area (Å²) < 4.78 is 6.61. The lowest BCUT2D eigenvalue weighted by atomic mass is 9.96. The maximum absolute atomic E-state index is 13.7. The number of primary amides is 1. The Morgan fingerprint density at radius 3 is 1.80 bits per heavy atom. The van der Waals surface area contributed by atoms with Crippen molar-refractivity contribution in [2.75, 3.05) is 60.5 Å². The highest BCUT2D eigenvalue weighted by molar-refractivity contribution is 6.00. The van der Waals surface area contributed by atoms with Gasteiger partial charge in [0.15, 0.2) is 0 Å². The molecule has 8 N–H and O–H groups in total. The van der Waals surface area contributed by atoms with Crippen molar-refractivity contribution < 1.29 is 58.1 Å². The number of unbranched alkanes of at least 4 members (excludes halogenated alkanes) is 3. The number of fused-ring (bicyclic) bond motifs is 1. The van der Waals surface area contributed by atoms with Crippen LogP contribution in [0.1, 0.15) is 121 Å². The smallest absolute Gasteiger partial charge is 0.324 e. The zero-order valence-electron chi connectivity index (χ0n) is 48.2. The van der Waals surface area contributed by atoms with E-state index in [1.807, 2.05) is 50.2 Å². The average Bonchev–Trinajstić information content (AvgIpc) is 3.99. The number of phenols is 1. The van der Waals surface area contributed by atoms with E-state index in [1.54, 1.807) is 24.0 Å². The fourth-order valence-corrected chi connectivity index (χ4v) is 9.03. The first-order chi connectivity index (χ1) is 38.4. The van der Waals surface area contributed by atoms with Crippen LogP contribution in [0.25, 0.3) is 22.3 Å². The number of phenolic OH excluding ortho intramolecular Hbond substituents is 1. The van der Waals surface area contributed by atoms with E-state index in [-0.39, 0.29) is 50.0 Å². The van der Waals surface area contributed by atoms with Crippen LogP contribution in [0.2, 0.25) is 0 Å². The molecule has 5 atom stereocenters. The Bertz CT molecular complexity index is 2480. The Hall–Kier alpha value is -7.15. The molecule has 2 fully saturated rings. The second-order valence-electron chi connectivity index (χ2n) is 21.0. The number of aldehydes is 1. The van der Waals surface area contributed by atoms with Gasteiger partial charge in [0.1, 0.15) is 42.5 Å². The van der Waals surface area contributed by atoms with E-state index in [9.17, 15) is 39.0 Å². The van der Waals surface area contributed by atoms with E-state index >= 15 is 0 Å². The fraction of sp³-hybridized carbons (Fsp3) is 0.500. The zero-order valence-corrected chi connectivity index (χ0v) is 48.2. The molecular weight excluding hydrogens is 1020 g/mol. The molecule has 2 aliphatic rings. The number of aromatic hydroxyl groups is 1. The highest BCUT2D eigenvalue weighted by atomic mass is 16.5. The minimum atomic E-state index is -1.45. The van der Waals surface area contributed by atoms with Crippen LogP contribution in [0, 0.1) is 5.92 Å². The maximum Gasteiger partial charge on any atom is 0.324 e. The summed E-state index contributed by atoms with van der Waals surface area (Å²) in [6, 6.07) is 26.7. The normalized spacial score (nSPS) is 18.6. The molecule has 0 bridgehead atoms. The van der Waals surface area contributed by atoms with Crippen LogP contribution in [0.15, 0.2) is 97.1 Å². The molecule has 2 heterocycles. The molecule has 0 spiro atoms. The Balaban J connectivity index is 0.000000390. The van der Waals surface area contributed by atoms with Crippen LogP contribution in [0.5, 0.6) is 11.5 Å². The molecule has 7 amide bonds. The predicted octanol–water partition coefficient (Wildman–Crippen LogP) is 7.40. The van der Waals surface area contributed by atoms with Crippen molar-refractivity contribution in [3.63, 3.8) is 0 Å². The Kier molecular flexibility index (Phi) is 30.4. The van der Waals surface area contributed by atoms with Gasteiger partial charge >= 0.3 is 6.03 Å². The van der Waals surface area contributed by atoms with Crippen molar-refractivity contribution in [1.29, 1.82) is 0 Å². The molecule has 4 aromatic carbocycles. The number of aliphatic hydroxyl groups excluding tert-OH is 2. The first-order valence-corrected chi connectivity index (χ1v) is 28.3. The highest BCUT2D eigenvalue weighted by Gasteiger charge is 2.40. The van der Waals surface area contributed by atoms with Crippen molar-refractivity contribution in [2.24, 2.45) is 11.7 Å². The predicted molar refractivity (Wildman–Crippen MR) is 312 cm³/mol. The molecule has 18 heteroatoms. The van der Waals surface area contributed by atoms with Gasteiger partial charge in [-0.25, -0.2) is 4.79 Å². The van der Waals surface area contributed by atoms with E-state index < -0.39 is 48.0 Å². The zero-order chi connectivity index (χ0) is 59.0. The van der Waals surface area contributed by atoms with Gasteiger partial charge < -0.3 is 51.1 Å². The number of imide groups is 1. The Morgan fingerprint density at radius 2 is 1.29 bits per heavy atom. The van der Waals surface area contributed by atoms with Crippen LogP contribution < -0.4 is 26.4 Å². The number of likely N-dealkylation sites (N-methyl/N-ethyl adjacent to an activating group) is 1. The van der Waals surface area contributed by atoms with Gasteiger partial charge in [-0.05, 0) is 103 Å². The van der Waals surface area contributed by atoms with Gasteiger partial charge in [-0.15, -0.1) is 0 Å². The number of urea groups is 1. The highest BCUT2D eigenvalue weighted by Crippen LogP contribution is 2.28. The standard InChI is InChI=1S/C32H49N5O7.C24H24O2.C5H14NO.CH3NO/c1-4-7-18-37-31(43)24(6-3)34-29(41)27(26(39)20-21-13-15-23(38)16-14-21)35-28(40)25-12-10-19-36(25)30(42)22(5-2)11-8-9-17-33-32(37)44;1-2-3-4-17-26-24-15-13-23(14-16-24)22-11-9-21(10-12-22)20-7-5-19(18-25)6-8-20;1-6(2,3)4-5-7;2-1-3/h13-16,22,24-27,38-39H,4-12,17-20H2,1-3H3,(H,33,44)(H,34,41)(H,35,40);5-16,18H,2-4,17H2,1H3;7H,4-5H2,1-3H3;1H,(H2,2,3)/q;;+1;/t22?,24?,25?,26-,27?;;;/m1.../s1. The number of nitrogens with one attached hydrogen (secondary N) is 3. The molecule has 0 aliphatic carbocycles. The topological polar surface area (TPSA) is 258 Å². The first kappa shape index (κ1) is 67.1. The lowest BCUT2D eigenvalue weighted by Gasteiger charge is -2.32. The SMILES string of the molecule is CCCCCOc1ccc(-c2ccc(-c3ccc(C=O)cc3)cc2)cc1.CCCCN1C(=O)NCCCCC(CC)C(=O)N2CCCC2C(=O)NC([C@H](O)Cc2ccc(O)cc2)C(=O)NC(CC)C1=O.C[N+](C)(C)CCO.NC=O. The number of carbonyl (C=O) groups is 7. The summed E-state index contributed by atoms with van der Waals surface area (Å²) in [5.74, 6) is -1.30. The number of aliphatic hydroxyl groups is 2. The molecule has 80 heavy (non-hydrogen) atoms. The van der Waals surface area contributed by atoms with Gasteiger partial charge in [-0.1, -0.05) is 126 Å². The van der Waals surface area contributed by atoms with Gasteiger partial charge in [0.05, 0.1) is 40.5 Å². The number of hydrogen-bond donors (Lipinski definition) is 7. The molecule has 0 saturated carbocycles. The van der Waals surface area contributed by atoms with Gasteiger partial charge in [-0.3, -0.25) is 33.7 Å². The largest absolute Gasteiger partial charge is 0.508 e. The summed E-state index contributed by atoms with van der Waals surface area (Å²) in [5, 5.41) is 37.5. The van der Waals surface area contributed by atoms with Crippen LogP contribution >= 0.6 is 0 Å². The van der Waals surface area contributed by atoms with Gasteiger partial charge in [0.25, 0.3) is 5.91 Å². The van der Waals surface area contributed by atoms with Gasteiger partial charge in [0, 0.05) is 37.5 Å². The Morgan fingerprint density at radius 1 is 0.713 bits per heavy atom. The molecule has 0 aromatic heterocycles. The number of benzene rings is 4. The molecule has 4 unspecified atom stereocenters. The van der Waals surface area contributed by atoms with Gasteiger partial charge in [-0.2, -0.15) is 0 Å². The minimum absolute atomic E-state index is 0.0281. The quantitative estimate of drug-likeness (QED) is 0.0293. The molecule has 438 valence electrons. The minimum Gasteiger partial charge on any atom is -0.508 e.